The van der Waals surface area contributed by atoms with Crippen LogP contribution in [0.25, 0.3) is 0 Å². The lowest BCUT2D eigenvalue weighted by Gasteiger charge is -2.22. The predicted octanol–water partition coefficient (Wildman–Crippen LogP) is 2.57. The van der Waals surface area contributed by atoms with Crippen LogP contribution in [0.5, 0.6) is 0 Å². The molecule has 0 N–H and O–H groups in total. The van der Waals surface area contributed by atoms with Crippen molar-refractivity contribution in [2.24, 2.45) is 0 Å². The number of hydrogen-bond acceptors (Lipinski definition) is 3. The first-order valence-corrected chi connectivity index (χ1v) is 6.49. The first kappa shape index (κ1) is 10.8. The fraction of sp³-hybridized carbons (Fsp3) is 0.692. The molecule has 1 aromatic heterocycles. The molecule has 1 heterocycles. The molecule has 1 aromatic rings. The van der Waals surface area contributed by atoms with Crippen molar-refractivity contribution < 1.29 is 9.32 Å². The van der Waals surface area contributed by atoms with Crippen LogP contribution in [-0.2, 0) is 0 Å². The maximum atomic E-state index is 12.2. The largest absolute Gasteiger partial charge is 0.360 e. The van der Waals surface area contributed by atoms with Crippen LogP contribution in [0.1, 0.15) is 60.7 Å². The molecule has 2 saturated carbocycles. The smallest absolute Gasteiger partial charge is 0.276 e. The van der Waals surface area contributed by atoms with E-state index < -0.39 is 0 Å². The average molecular weight is 234 g/mol. The van der Waals surface area contributed by atoms with Gasteiger partial charge in [0.05, 0.1) is 0 Å². The number of aromatic nitrogens is 1. The van der Waals surface area contributed by atoms with Crippen molar-refractivity contribution in [2.75, 3.05) is 7.05 Å². The van der Waals surface area contributed by atoms with Gasteiger partial charge in [-0.05, 0) is 25.7 Å². The van der Waals surface area contributed by atoms with Gasteiger partial charge in [0.15, 0.2) is 5.69 Å². The number of nitrogens with zero attached hydrogens (tertiary/aromatic N) is 2. The molecule has 0 atom stereocenters. The Morgan fingerprint density at radius 3 is 2.71 bits per heavy atom. The zero-order chi connectivity index (χ0) is 11.8. The normalized spacial score (nSPS) is 20.8. The van der Waals surface area contributed by atoms with Crippen molar-refractivity contribution in [3.05, 3.63) is 17.5 Å². The van der Waals surface area contributed by atoms with E-state index in [1.807, 2.05) is 18.0 Å². The minimum Gasteiger partial charge on any atom is -0.360 e. The summed E-state index contributed by atoms with van der Waals surface area (Å²) in [6.45, 7) is 0. The first-order valence-electron chi connectivity index (χ1n) is 6.49. The van der Waals surface area contributed by atoms with E-state index in [0.717, 1.165) is 18.6 Å². The summed E-state index contributed by atoms with van der Waals surface area (Å²) in [4.78, 5) is 14.0. The van der Waals surface area contributed by atoms with Crippen molar-refractivity contribution in [1.29, 1.82) is 0 Å². The predicted molar refractivity (Wildman–Crippen MR) is 62.8 cm³/mol. The highest BCUT2D eigenvalue weighted by molar-refractivity contribution is 5.92. The van der Waals surface area contributed by atoms with E-state index in [1.54, 1.807) is 0 Å². The molecule has 4 heteroatoms. The highest BCUT2D eigenvalue weighted by Crippen LogP contribution is 2.40. The summed E-state index contributed by atoms with van der Waals surface area (Å²) in [6.07, 6.45) is 7.04. The van der Waals surface area contributed by atoms with Gasteiger partial charge in [0.25, 0.3) is 5.91 Å². The van der Waals surface area contributed by atoms with Crippen LogP contribution in [0.15, 0.2) is 10.6 Å². The Bertz CT molecular complexity index is 417. The molecule has 1 amide bonds. The summed E-state index contributed by atoms with van der Waals surface area (Å²) < 4.78 is 5.23. The van der Waals surface area contributed by atoms with Gasteiger partial charge in [-0.25, -0.2) is 0 Å². The number of amides is 1. The number of carbonyl (C=O) groups excluding carboxylic acids is 1. The molecule has 0 aliphatic heterocycles. The van der Waals surface area contributed by atoms with Crippen LogP contribution in [-0.4, -0.2) is 29.1 Å². The Morgan fingerprint density at radius 2 is 2.06 bits per heavy atom. The SMILES string of the molecule is CN(C(=O)c1cc(C2CC2)on1)C1CCCC1. The van der Waals surface area contributed by atoms with Gasteiger partial charge in [-0.1, -0.05) is 18.0 Å². The molecule has 0 radical (unpaired) electrons. The lowest BCUT2D eigenvalue weighted by molar-refractivity contribution is 0.0724. The summed E-state index contributed by atoms with van der Waals surface area (Å²) in [5.74, 6) is 1.40. The van der Waals surface area contributed by atoms with E-state index in [0.29, 0.717) is 17.7 Å². The molecular weight excluding hydrogens is 216 g/mol. The third-order valence-corrected chi connectivity index (χ3v) is 3.92. The fourth-order valence-corrected chi connectivity index (χ4v) is 2.59. The van der Waals surface area contributed by atoms with E-state index in [-0.39, 0.29) is 5.91 Å². The summed E-state index contributed by atoms with van der Waals surface area (Å²) >= 11 is 0. The van der Waals surface area contributed by atoms with E-state index in [1.165, 1.54) is 25.7 Å². The number of rotatable bonds is 3. The molecule has 92 valence electrons. The molecule has 2 fully saturated rings. The number of hydrogen-bond donors (Lipinski definition) is 0. The molecular formula is C13H18N2O2. The Kier molecular flexibility index (Phi) is 2.65. The summed E-state index contributed by atoms with van der Waals surface area (Å²) in [7, 11) is 1.88. The van der Waals surface area contributed by atoms with Gasteiger partial charge in [-0.3, -0.25) is 4.79 Å². The van der Waals surface area contributed by atoms with E-state index in [4.69, 9.17) is 4.52 Å². The standard InChI is InChI=1S/C13H18N2O2/c1-15(10-4-2-3-5-10)13(16)11-8-12(17-14-11)9-6-7-9/h8-10H,2-7H2,1H3. The van der Waals surface area contributed by atoms with Gasteiger partial charge in [0.1, 0.15) is 5.76 Å². The van der Waals surface area contributed by atoms with Gasteiger partial charge in [-0.15, -0.1) is 0 Å². The molecule has 0 unspecified atom stereocenters. The van der Waals surface area contributed by atoms with Gasteiger partial charge in [0, 0.05) is 25.1 Å². The van der Waals surface area contributed by atoms with Gasteiger partial charge in [0.2, 0.25) is 0 Å². The first-order chi connectivity index (χ1) is 8.25. The van der Waals surface area contributed by atoms with Crippen LogP contribution in [0, 0.1) is 0 Å². The minimum atomic E-state index is 0.00699. The maximum Gasteiger partial charge on any atom is 0.276 e. The van der Waals surface area contributed by atoms with Gasteiger partial charge in [-0.2, -0.15) is 0 Å². The Labute approximate surface area is 101 Å². The van der Waals surface area contributed by atoms with Gasteiger partial charge >= 0.3 is 0 Å². The van der Waals surface area contributed by atoms with Crippen molar-refractivity contribution in [3.63, 3.8) is 0 Å². The molecule has 2 aliphatic rings. The van der Waals surface area contributed by atoms with Crippen LogP contribution >= 0.6 is 0 Å². The van der Waals surface area contributed by atoms with Gasteiger partial charge < -0.3 is 9.42 Å². The van der Waals surface area contributed by atoms with Crippen molar-refractivity contribution in [1.82, 2.24) is 10.1 Å². The van der Waals surface area contributed by atoms with Crippen molar-refractivity contribution in [3.8, 4) is 0 Å². The van der Waals surface area contributed by atoms with Crippen LogP contribution in [0.3, 0.4) is 0 Å². The second-order valence-corrected chi connectivity index (χ2v) is 5.24. The molecule has 4 nitrogen and oxygen atoms in total. The van der Waals surface area contributed by atoms with Crippen molar-refractivity contribution in [2.45, 2.75) is 50.5 Å². The Morgan fingerprint density at radius 1 is 1.35 bits per heavy atom. The quantitative estimate of drug-likeness (QED) is 0.807. The third-order valence-electron chi connectivity index (χ3n) is 3.92. The lowest BCUT2D eigenvalue weighted by Crippen LogP contribution is -2.35. The highest BCUT2D eigenvalue weighted by Gasteiger charge is 2.31. The molecule has 2 aliphatic carbocycles. The summed E-state index contributed by atoms with van der Waals surface area (Å²) in [5.41, 5.74) is 0.473. The second-order valence-electron chi connectivity index (χ2n) is 5.24. The molecule has 3 rings (SSSR count). The third kappa shape index (κ3) is 2.08. The Balaban J connectivity index is 1.70. The van der Waals surface area contributed by atoms with Crippen LogP contribution in [0.2, 0.25) is 0 Å². The fourth-order valence-electron chi connectivity index (χ4n) is 2.59. The average Bonchev–Trinajstić information content (AvgIpc) is 2.87. The highest BCUT2D eigenvalue weighted by atomic mass is 16.5. The molecule has 0 saturated heterocycles. The molecule has 0 spiro atoms. The van der Waals surface area contributed by atoms with E-state index >= 15 is 0 Å². The van der Waals surface area contributed by atoms with E-state index in [2.05, 4.69) is 5.16 Å². The zero-order valence-corrected chi connectivity index (χ0v) is 10.2. The molecule has 0 aromatic carbocycles. The van der Waals surface area contributed by atoms with Crippen LogP contribution in [0.4, 0.5) is 0 Å². The lowest BCUT2D eigenvalue weighted by atomic mass is 10.2. The Hall–Kier alpha value is -1.32. The van der Waals surface area contributed by atoms with Crippen LogP contribution < -0.4 is 0 Å². The summed E-state index contributed by atoms with van der Waals surface area (Å²) in [5, 5.41) is 3.90. The monoisotopic (exact) mass is 234 g/mol. The van der Waals surface area contributed by atoms with E-state index in [9.17, 15) is 4.79 Å². The molecule has 0 bridgehead atoms. The number of carbonyl (C=O) groups is 1. The zero-order valence-electron chi connectivity index (χ0n) is 10.2. The maximum absolute atomic E-state index is 12.2. The second kappa shape index (κ2) is 4.17. The topological polar surface area (TPSA) is 46.3 Å². The summed E-state index contributed by atoms with van der Waals surface area (Å²) in [6, 6.07) is 2.22. The van der Waals surface area contributed by atoms with Crippen molar-refractivity contribution >= 4 is 5.91 Å². The minimum absolute atomic E-state index is 0.00699. The molecule has 17 heavy (non-hydrogen) atoms.